The van der Waals surface area contributed by atoms with Crippen molar-refractivity contribution >= 4 is 26.7 Å². The predicted octanol–water partition coefficient (Wildman–Crippen LogP) is 3.54. The summed E-state index contributed by atoms with van der Waals surface area (Å²) in [7, 11) is 0. The molecule has 0 unspecified atom stereocenters. The maximum absolute atomic E-state index is 10.4. The van der Waals surface area contributed by atoms with Crippen molar-refractivity contribution in [2.45, 2.75) is 39.5 Å². The van der Waals surface area contributed by atoms with Crippen molar-refractivity contribution in [3.05, 3.63) is 11.1 Å². The summed E-state index contributed by atoms with van der Waals surface area (Å²) >= 11 is 1.30. The highest BCUT2D eigenvalue weighted by Gasteiger charge is 2.24. The van der Waals surface area contributed by atoms with Crippen LogP contribution in [0.25, 0.3) is 10.2 Å². The SMILES string of the molecule is CC(C)c1c(O)c(C(C)C)c2sc(N)nc2c1O. The van der Waals surface area contributed by atoms with E-state index < -0.39 is 0 Å². The second kappa shape index (κ2) is 4.31. The molecular formula is C13H18N2O2S. The van der Waals surface area contributed by atoms with Crippen LogP contribution in [0.3, 0.4) is 0 Å². The van der Waals surface area contributed by atoms with Gasteiger partial charge in [-0.3, -0.25) is 0 Å². The number of aromatic hydroxyl groups is 2. The van der Waals surface area contributed by atoms with E-state index in [1.165, 1.54) is 11.3 Å². The van der Waals surface area contributed by atoms with Crippen LogP contribution in [0.5, 0.6) is 11.5 Å². The number of nitrogens with zero attached hydrogens (tertiary/aromatic N) is 1. The van der Waals surface area contributed by atoms with Crippen LogP contribution in [0.1, 0.15) is 50.7 Å². The molecule has 0 aliphatic heterocycles. The summed E-state index contributed by atoms with van der Waals surface area (Å²) < 4.78 is 0.780. The number of hydrogen-bond donors (Lipinski definition) is 3. The molecule has 0 saturated heterocycles. The van der Waals surface area contributed by atoms with Crippen molar-refractivity contribution in [2.75, 3.05) is 5.73 Å². The van der Waals surface area contributed by atoms with E-state index in [0.29, 0.717) is 16.2 Å². The van der Waals surface area contributed by atoms with Gasteiger partial charge >= 0.3 is 0 Å². The number of fused-ring (bicyclic) bond motifs is 1. The molecule has 5 heteroatoms. The molecule has 0 amide bonds. The summed E-state index contributed by atoms with van der Waals surface area (Å²) in [5, 5.41) is 21.0. The topological polar surface area (TPSA) is 79.4 Å². The summed E-state index contributed by atoms with van der Waals surface area (Å²) in [4.78, 5) is 4.18. The molecule has 1 aromatic heterocycles. The van der Waals surface area contributed by atoms with Crippen LogP contribution in [0.2, 0.25) is 0 Å². The molecule has 4 N–H and O–H groups in total. The smallest absolute Gasteiger partial charge is 0.181 e. The van der Waals surface area contributed by atoms with Crippen LogP contribution in [-0.2, 0) is 0 Å². The minimum absolute atomic E-state index is 0.0230. The monoisotopic (exact) mass is 266 g/mol. The molecule has 0 fully saturated rings. The Morgan fingerprint density at radius 3 is 2.06 bits per heavy atom. The van der Waals surface area contributed by atoms with Gasteiger partial charge in [0.1, 0.15) is 17.0 Å². The van der Waals surface area contributed by atoms with Gasteiger partial charge in [0.25, 0.3) is 0 Å². The van der Waals surface area contributed by atoms with Gasteiger partial charge in [-0.2, -0.15) is 0 Å². The Labute approximate surface area is 110 Å². The van der Waals surface area contributed by atoms with Crippen molar-refractivity contribution in [1.29, 1.82) is 0 Å². The molecule has 0 bridgehead atoms. The summed E-state index contributed by atoms with van der Waals surface area (Å²) in [6, 6.07) is 0. The summed E-state index contributed by atoms with van der Waals surface area (Å²) in [6.07, 6.45) is 0. The standard InChI is InChI=1S/C13H18N2O2S/c1-5(2)7-10(16)8(6(3)4)12-9(11(7)17)15-13(14)18-12/h5-6,16-17H,1-4H3,(H2,14,15). The van der Waals surface area contributed by atoms with E-state index in [1.807, 2.05) is 27.7 Å². The average Bonchev–Trinajstić information content (AvgIpc) is 2.58. The Hall–Kier alpha value is -1.49. The lowest BCUT2D eigenvalue weighted by molar-refractivity contribution is 0.431. The third-order valence-electron chi connectivity index (χ3n) is 3.03. The fraction of sp³-hybridized carbons (Fsp3) is 0.462. The molecule has 4 nitrogen and oxygen atoms in total. The molecule has 1 heterocycles. The van der Waals surface area contributed by atoms with Crippen molar-refractivity contribution in [3.8, 4) is 11.5 Å². The summed E-state index contributed by atoms with van der Waals surface area (Å²) in [5.41, 5.74) is 7.59. The number of nitrogens with two attached hydrogens (primary N) is 1. The fourth-order valence-electron chi connectivity index (χ4n) is 2.25. The highest BCUT2D eigenvalue weighted by atomic mass is 32.1. The molecule has 0 spiro atoms. The van der Waals surface area contributed by atoms with Crippen LogP contribution in [-0.4, -0.2) is 15.2 Å². The lowest BCUT2D eigenvalue weighted by atomic mass is 9.92. The minimum atomic E-state index is 0.0230. The van der Waals surface area contributed by atoms with Gasteiger partial charge in [0.05, 0.1) is 4.70 Å². The van der Waals surface area contributed by atoms with Crippen LogP contribution in [0.15, 0.2) is 0 Å². The van der Waals surface area contributed by atoms with Crippen LogP contribution in [0.4, 0.5) is 5.13 Å². The van der Waals surface area contributed by atoms with E-state index in [2.05, 4.69) is 4.98 Å². The number of nitrogen functional groups attached to an aromatic ring is 1. The number of aromatic nitrogens is 1. The van der Waals surface area contributed by atoms with E-state index in [1.54, 1.807) is 0 Å². The largest absolute Gasteiger partial charge is 0.507 e. The summed E-state index contributed by atoms with van der Waals surface area (Å²) in [5.74, 6) is 0.392. The molecule has 2 rings (SSSR count). The van der Waals surface area contributed by atoms with Crippen molar-refractivity contribution in [1.82, 2.24) is 4.98 Å². The molecule has 0 radical (unpaired) electrons. The number of phenols is 2. The van der Waals surface area contributed by atoms with Crippen molar-refractivity contribution < 1.29 is 10.2 Å². The Bertz CT molecular complexity index is 603. The molecule has 18 heavy (non-hydrogen) atoms. The first-order valence-electron chi connectivity index (χ1n) is 5.98. The fourth-order valence-corrected chi connectivity index (χ4v) is 3.28. The van der Waals surface area contributed by atoms with E-state index in [4.69, 9.17) is 5.73 Å². The Morgan fingerprint density at radius 2 is 1.56 bits per heavy atom. The second-order valence-electron chi connectivity index (χ2n) is 5.06. The number of benzene rings is 1. The Kier molecular flexibility index (Phi) is 3.11. The third-order valence-corrected chi connectivity index (χ3v) is 3.95. The van der Waals surface area contributed by atoms with E-state index in [9.17, 15) is 10.2 Å². The number of anilines is 1. The maximum atomic E-state index is 10.4. The van der Waals surface area contributed by atoms with Crippen molar-refractivity contribution in [2.24, 2.45) is 0 Å². The zero-order chi connectivity index (χ0) is 13.6. The van der Waals surface area contributed by atoms with E-state index in [0.717, 1.165) is 10.3 Å². The highest BCUT2D eigenvalue weighted by molar-refractivity contribution is 7.22. The number of rotatable bonds is 2. The molecule has 1 aromatic carbocycles. The third kappa shape index (κ3) is 1.79. The Balaban J connectivity index is 2.96. The lowest BCUT2D eigenvalue weighted by Crippen LogP contribution is -1.97. The van der Waals surface area contributed by atoms with Crippen LogP contribution < -0.4 is 5.73 Å². The number of thiazole rings is 1. The lowest BCUT2D eigenvalue weighted by Gasteiger charge is -2.17. The number of hydrogen-bond acceptors (Lipinski definition) is 5. The van der Waals surface area contributed by atoms with Gasteiger partial charge in [0.15, 0.2) is 5.13 Å². The zero-order valence-electron chi connectivity index (χ0n) is 11.0. The molecule has 0 aliphatic carbocycles. The summed E-state index contributed by atoms with van der Waals surface area (Å²) in [6.45, 7) is 7.87. The molecular weight excluding hydrogens is 248 g/mol. The minimum Gasteiger partial charge on any atom is -0.507 e. The van der Waals surface area contributed by atoms with Gasteiger partial charge in [0.2, 0.25) is 0 Å². The van der Waals surface area contributed by atoms with Crippen molar-refractivity contribution in [3.63, 3.8) is 0 Å². The molecule has 98 valence electrons. The second-order valence-corrected chi connectivity index (χ2v) is 6.09. The average molecular weight is 266 g/mol. The Morgan fingerprint density at radius 1 is 1.00 bits per heavy atom. The zero-order valence-corrected chi connectivity index (χ0v) is 11.8. The van der Waals surface area contributed by atoms with Crippen LogP contribution >= 0.6 is 11.3 Å². The van der Waals surface area contributed by atoms with Crippen LogP contribution in [0, 0.1) is 0 Å². The normalized spacial score (nSPS) is 11.9. The van der Waals surface area contributed by atoms with Gasteiger partial charge in [-0.25, -0.2) is 4.98 Å². The van der Waals surface area contributed by atoms with Gasteiger partial charge < -0.3 is 15.9 Å². The molecule has 0 saturated carbocycles. The first kappa shape index (κ1) is 13.0. The van der Waals surface area contributed by atoms with Gasteiger partial charge in [-0.1, -0.05) is 39.0 Å². The first-order chi connectivity index (χ1) is 8.34. The highest BCUT2D eigenvalue weighted by Crippen LogP contribution is 2.47. The van der Waals surface area contributed by atoms with Gasteiger partial charge in [0, 0.05) is 11.1 Å². The van der Waals surface area contributed by atoms with E-state index in [-0.39, 0.29) is 23.3 Å². The molecule has 2 aromatic rings. The predicted molar refractivity (Wildman–Crippen MR) is 75.5 cm³/mol. The van der Waals surface area contributed by atoms with Gasteiger partial charge in [-0.05, 0) is 11.8 Å². The molecule has 0 atom stereocenters. The first-order valence-corrected chi connectivity index (χ1v) is 6.79. The quantitative estimate of drug-likeness (QED) is 0.776. The number of phenolic OH excluding ortho intramolecular Hbond substituents is 2. The van der Waals surface area contributed by atoms with E-state index >= 15 is 0 Å². The maximum Gasteiger partial charge on any atom is 0.181 e. The van der Waals surface area contributed by atoms with Gasteiger partial charge in [-0.15, -0.1) is 0 Å². The molecule has 0 aliphatic rings.